The lowest BCUT2D eigenvalue weighted by atomic mass is 9.79. The number of alkyl halides is 4. The van der Waals surface area contributed by atoms with Crippen molar-refractivity contribution in [3.8, 4) is 11.6 Å². The average Bonchev–Trinajstić information content (AvgIpc) is 4.11. The molecule has 2 amide bonds. The molecular formula is C44H56F4N4O9S. The van der Waals surface area contributed by atoms with Gasteiger partial charge in [-0.15, -0.1) is 0 Å². The van der Waals surface area contributed by atoms with E-state index in [4.69, 9.17) is 14.2 Å². The summed E-state index contributed by atoms with van der Waals surface area (Å²) in [5, 5.41) is 1.35. The Bertz CT molecular complexity index is 2230. The smallest absolute Gasteiger partial charge is 0.427 e. The molecule has 1 aromatic heterocycles. The van der Waals surface area contributed by atoms with Crippen LogP contribution in [0.5, 0.6) is 11.6 Å². The second-order valence-electron chi connectivity index (χ2n) is 18.5. The molecule has 3 aliphatic heterocycles. The first kappa shape index (κ1) is 45.5. The van der Waals surface area contributed by atoms with Gasteiger partial charge in [0.1, 0.15) is 24.1 Å². The molecular weight excluding hydrogens is 837 g/mol. The zero-order chi connectivity index (χ0) is 45.0. The molecule has 1 N–H and O–H groups in total. The normalized spacial score (nSPS) is 29.6. The van der Waals surface area contributed by atoms with Crippen LogP contribution in [0.25, 0.3) is 10.8 Å². The van der Waals surface area contributed by atoms with E-state index < -0.39 is 105 Å². The van der Waals surface area contributed by atoms with Crippen molar-refractivity contribution in [3.05, 3.63) is 36.5 Å². The lowest BCUT2D eigenvalue weighted by Crippen LogP contribution is -2.49. The molecule has 2 aromatic rings. The number of ketones is 1. The number of fused-ring (bicyclic) bond motifs is 5. The lowest BCUT2D eigenvalue weighted by molar-refractivity contribution is -0.257. The van der Waals surface area contributed by atoms with Crippen molar-refractivity contribution in [3.63, 3.8) is 0 Å². The number of Topliss-reactive ketones (excluding diaryl/α,β-unsaturated/α-hetero) is 1. The number of aromatic nitrogens is 1. The number of allylic oxidation sites excluding steroid dienone is 2. The van der Waals surface area contributed by atoms with Gasteiger partial charge in [0, 0.05) is 36.9 Å². The van der Waals surface area contributed by atoms with Gasteiger partial charge >= 0.3 is 12.1 Å². The van der Waals surface area contributed by atoms with E-state index in [1.54, 1.807) is 12.3 Å². The Morgan fingerprint density at radius 1 is 1.10 bits per heavy atom. The number of sulfonamides is 1. The third-order valence-electron chi connectivity index (χ3n) is 13.8. The van der Waals surface area contributed by atoms with Crippen LogP contribution in [0.2, 0.25) is 0 Å². The number of pyridine rings is 1. The molecule has 0 radical (unpaired) electrons. The van der Waals surface area contributed by atoms with Crippen LogP contribution >= 0.6 is 0 Å². The van der Waals surface area contributed by atoms with Crippen molar-refractivity contribution in [2.24, 2.45) is 29.1 Å². The zero-order valence-electron chi connectivity index (χ0n) is 35.8. The Morgan fingerprint density at radius 3 is 2.52 bits per heavy atom. The van der Waals surface area contributed by atoms with Crippen LogP contribution in [0.4, 0.5) is 23.2 Å². The summed E-state index contributed by atoms with van der Waals surface area (Å²) in [6.07, 6.45) is 0.547. The van der Waals surface area contributed by atoms with Gasteiger partial charge in [0.05, 0.1) is 42.6 Å². The molecule has 4 heterocycles. The van der Waals surface area contributed by atoms with E-state index in [2.05, 4.69) is 14.6 Å². The second kappa shape index (κ2) is 16.9. The fraction of sp³-hybridized carbons (Fsp3) is 0.659. The summed E-state index contributed by atoms with van der Waals surface area (Å²) in [7, 11) is -2.47. The number of carbonyl (C=O) groups excluding carboxylic acids is 4. The van der Waals surface area contributed by atoms with Gasteiger partial charge in [-0.1, -0.05) is 32.4 Å². The first-order valence-electron chi connectivity index (χ1n) is 21.5. The molecule has 18 heteroatoms. The van der Waals surface area contributed by atoms with Crippen LogP contribution in [0.15, 0.2) is 36.5 Å². The Morgan fingerprint density at radius 2 is 1.84 bits per heavy atom. The highest BCUT2D eigenvalue weighted by Gasteiger charge is 2.64. The van der Waals surface area contributed by atoms with Crippen LogP contribution in [0, 0.1) is 29.1 Å². The maximum atomic E-state index is 15.1. The Labute approximate surface area is 359 Å². The topological polar surface area (TPSA) is 162 Å². The van der Waals surface area contributed by atoms with Crippen molar-refractivity contribution in [1.29, 1.82) is 0 Å². The number of halogens is 4. The quantitative estimate of drug-likeness (QED) is 0.155. The number of benzene rings is 1. The molecule has 3 fully saturated rings. The minimum absolute atomic E-state index is 0.0143. The number of anilines is 1. The summed E-state index contributed by atoms with van der Waals surface area (Å²) in [5.74, 6) is -4.70. The minimum atomic E-state index is -4.89. The minimum Gasteiger partial charge on any atom is -0.489 e. The SMILES string of the molecule is CC[C@@H]1C[C@H](C)CC/C=C\[C@@H]2C[C@@]2(C(=O)NS(=O)(=O)C2(CF)CC2)CC(=O)[C@@H]2C[C@@H](Oc3nccc4c5c(ccc34)N(C)CCO5)CN2C(=O)[C@H]1CC(=O)OC(C)(C)C(F)(F)F. The second-order valence-corrected chi connectivity index (χ2v) is 20.6. The summed E-state index contributed by atoms with van der Waals surface area (Å²) < 4.78 is 100. The number of nitrogens with zero attached hydrogens (tertiary/aromatic N) is 3. The van der Waals surface area contributed by atoms with E-state index >= 15 is 4.79 Å². The van der Waals surface area contributed by atoms with Crippen LogP contribution in [-0.4, -0.2) is 104 Å². The van der Waals surface area contributed by atoms with Crippen LogP contribution < -0.4 is 19.1 Å². The summed E-state index contributed by atoms with van der Waals surface area (Å²) >= 11 is 0. The van der Waals surface area contributed by atoms with E-state index in [1.165, 1.54) is 4.90 Å². The fourth-order valence-electron chi connectivity index (χ4n) is 9.36. The number of amides is 2. The largest absolute Gasteiger partial charge is 0.489 e. The van der Waals surface area contributed by atoms with Gasteiger partial charge in [0.15, 0.2) is 11.5 Å². The zero-order valence-corrected chi connectivity index (χ0v) is 36.6. The van der Waals surface area contributed by atoms with E-state index in [-0.39, 0.29) is 44.0 Å². The molecule has 62 heavy (non-hydrogen) atoms. The van der Waals surface area contributed by atoms with Crippen molar-refractivity contribution in [2.75, 3.05) is 38.3 Å². The first-order chi connectivity index (χ1) is 29.2. The van der Waals surface area contributed by atoms with Gasteiger partial charge in [-0.05, 0) is 88.3 Å². The Hall–Kier alpha value is -4.48. The third-order valence-corrected chi connectivity index (χ3v) is 15.9. The number of rotatable bonds is 10. The summed E-state index contributed by atoms with van der Waals surface area (Å²) in [4.78, 5) is 65.2. The van der Waals surface area contributed by atoms with Gasteiger partial charge in [0.25, 0.3) is 0 Å². The number of likely N-dealkylation sites (N-methyl/N-ethyl adjacent to an activating group) is 1. The van der Waals surface area contributed by atoms with Gasteiger partial charge in [-0.25, -0.2) is 17.8 Å². The molecule has 1 saturated heterocycles. The van der Waals surface area contributed by atoms with E-state index in [1.807, 2.05) is 45.2 Å². The summed E-state index contributed by atoms with van der Waals surface area (Å²) in [5.41, 5.74) is -3.46. The standard InChI is InChI=1S/C44H56F4N4O9S/c1-6-27-19-26(2)9-7-8-10-28-22-43(28,40(56)50-62(57,58)42(25-45)14-15-42)23-35(53)34-20-29(24-52(34)39(55)32(27)21-36(54)61-41(3,4)44(46,47)48)60-38-31-11-12-33-37(30(31)13-16-49-38)59-18-17-51(33)5/h8,10-13,16,26-29,32,34H,6-7,9,14-15,17-25H2,1-5H3,(H,50,56)/b10-8-/t26-,27-,28-,29-,32+,34+,43-/m1/s1. The molecule has 0 spiro atoms. The Kier molecular flexibility index (Phi) is 12.4. The first-order valence-corrected chi connectivity index (χ1v) is 23.0. The van der Waals surface area contributed by atoms with Crippen molar-refractivity contribution in [2.45, 2.75) is 121 Å². The van der Waals surface area contributed by atoms with Gasteiger partial charge < -0.3 is 24.0 Å². The van der Waals surface area contributed by atoms with E-state index in [0.29, 0.717) is 50.0 Å². The number of esters is 1. The maximum absolute atomic E-state index is 15.1. The average molecular weight is 893 g/mol. The summed E-state index contributed by atoms with van der Waals surface area (Å²) in [6, 6.07) is 4.29. The van der Waals surface area contributed by atoms with E-state index in [9.17, 15) is 40.4 Å². The number of hydrogen-bond acceptors (Lipinski definition) is 11. The van der Waals surface area contributed by atoms with Crippen LogP contribution in [0.1, 0.15) is 91.9 Å². The molecule has 2 saturated carbocycles. The fourth-order valence-corrected chi connectivity index (χ4v) is 10.8. The highest BCUT2D eigenvalue weighted by molar-refractivity contribution is 7.91. The predicted molar refractivity (Wildman–Crippen MR) is 220 cm³/mol. The molecule has 0 unspecified atom stereocenters. The van der Waals surface area contributed by atoms with Crippen LogP contribution in [0.3, 0.4) is 0 Å². The highest BCUT2D eigenvalue weighted by atomic mass is 32.2. The van der Waals surface area contributed by atoms with Gasteiger partial charge in [0.2, 0.25) is 33.3 Å². The molecule has 2 aliphatic carbocycles. The van der Waals surface area contributed by atoms with Gasteiger partial charge in [-0.2, -0.15) is 13.2 Å². The molecule has 7 rings (SSSR count). The Balaban J connectivity index is 1.24. The van der Waals surface area contributed by atoms with Gasteiger partial charge in [-0.3, -0.25) is 23.9 Å². The molecule has 7 atom stereocenters. The molecule has 0 bridgehead atoms. The predicted octanol–water partition coefficient (Wildman–Crippen LogP) is 6.62. The monoisotopic (exact) mass is 892 g/mol. The summed E-state index contributed by atoms with van der Waals surface area (Å²) in [6.45, 7) is 5.10. The van der Waals surface area contributed by atoms with Crippen LogP contribution in [-0.2, 0) is 33.9 Å². The number of nitrogens with one attached hydrogen (secondary N) is 1. The van der Waals surface area contributed by atoms with Crippen molar-refractivity contribution < 1.29 is 59.4 Å². The maximum Gasteiger partial charge on any atom is 0.427 e. The van der Waals surface area contributed by atoms with E-state index in [0.717, 1.165) is 24.9 Å². The van der Waals surface area contributed by atoms with Crippen molar-refractivity contribution in [1.82, 2.24) is 14.6 Å². The highest BCUT2D eigenvalue weighted by Crippen LogP contribution is 2.58. The third kappa shape index (κ3) is 8.73. The molecule has 13 nitrogen and oxygen atoms in total. The molecule has 1 aromatic carbocycles. The number of carbonyl (C=O) groups is 4. The van der Waals surface area contributed by atoms with Crippen molar-refractivity contribution >= 4 is 50.1 Å². The number of hydrogen-bond donors (Lipinski definition) is 1. The molecule has 5 aliphatic rings. The number of ether oxygens (including phenoxy) is 3. The molecule has 340 valence electrons. The lowest BCUT2D eigenvalue weighted by Gasteiger charge is -2.34.